The van der Waals surface area contributed by atoms with Crippen LogP contribution in [0.4, 0.5) is 0 Å². The van der Waals surface area contributed by atoms with Crippen LogP contribution in [0.25, 0.3) is 0 Å². The fraction of sp³-hybridized carbons (Fsp3) is 0.727. The highest BCUT2D eigenvalue weighted by atomic mass is 16.3. The summed E-state index contributed by atoms with van der Waals surface area (Å²) < 4.78 is 0. The fourth-order valence-electron chi connectivity index (χ4n) is 1.23. The minimum absolute atomic E-state index is 0.0783. The highest BCUT2D eigenvalue weighted by Gasteiger charge is 2.20. The second kappa shape index (κ2) is 5.81. The number of carbonyl (C=O) groups is 1. The molecule has 0 aliphatic rings. The van der Waals surface area contributed by atoms with Crippen molar-refractivity contribution >= 4 is 5.91 Å². The van der Waals surface area contributed by atoms with Crippen LogP contribution < -0.4 is 0 Å². The maximum absolute atomic E-state index is 11.6. The van der Waals surface area contributed by atoms with Gasteiger partial charge in [-0.15, -0.1) is 6.58 Å². The molecular formula is C11H21NO2. The molecule has 1 amide bonds. The van der Waals surface area contributed by atoms with E-state index in [-0.39, 0.29) is 5.91 Å². The van der Waals surface area contributed by atoms with Gasteiger partial charge in [-0.25, -0.2) is 0 Å². The first kappa shape index (κ1) is 13.2. The Morgan fingerprint density at radius 3 is 2.50 bits per heavy atom. The van der Waals surface area contributed by atoms with E-state index in [4.69, 9.17) is 0 Å². The Labute approximate surface area is 86.4 Å². The first-order chi connectivity index (χ1) is 6.40. The Balaban J connectivity index is 4.12. The monoisotopic (exact) mass is 199 g/mol. The predicted octanol–water partition coefficient (Wildman–Crippen LogP) is 1.57. The molecule has 14 heavy (non-hydrogen) atoms. The average molecular weight is 199 g/mol. The Morgan fingerprint density at radius 2 is 2.14 bits per heavy atom. The quantitative estimate of drug-likeness (QED) is 0.660. The van der Waals surface area contributed by atoms with Gasteiger partial charge in [0.1, 0.15) is 0 Å². The summed E-state index contributed by atoms with van der Waals surface area (Å²) in [6.07, 6.45) is 2.91. The van der Waals surface area contributed by atoms with Gasteiger partial charge in [-0.2, -0.15) is 0 Å². The van der Waals surface area contributed by atoms with Crippen LogP contribution in [-0.2, 0) is 4.79 Å². The molecule has 1 N–H and O–H groups in total. The van der Waals surface area contributed by atoms with E-state index in [0.717, 1.165) is 0 Å². The van der Waals surface area contributed by atoms with E-state index in [1.54, 1.807) is 24.8 Å². The molecular weight excluding hydrogens is 178 g/mol. The Kier molecular flexibility index (Phi) is 5.46. The number of carbonyl (C=O) groups excluding carboxylic acids is 1. The first-order valence-electron chi connectivity index (χ1n) is 5.01. The molecule has 0 bridgehead atoms. The van der Waals surface area contributed by atoms with E-state index >= 15 is 0 Å². The molecule has 0 spiro atoms. The van der Waals surface area contributed by atoms with Gasteiger partial charge in [0.2, 0.25) is 5.91 Å². The third kappa shape index (κ3) is 5.75. The molecule has 0 aliphatic heterocycles. The van der Waals surface area contributed by atoms with Crippen molar-refractivity contribution in [2.45, 2.75) is 39.2 Å². The van der Waals surface area contributed by atoms with Gasteiger partial charge >= 0.3 is 0 Å². The van der Waals surface area contributed by atoms with Gasteiger partial charge in [0.05, 0.1) is 5.60 Å². The van der Waals surface area contributed by atoms with E-state index in [1.165, 1.54) is 0 Å². The zero-order chi connectivity index (χ0) is 11.2. The Bertz CT molecular complexity index is 194. The fourth-order valence-corrected chi connectivity index (χ4v) is 1.23. The van der Waals surface area contributed by atoms with Gasteiger partial charge in [-0.3, -0.25) is 4.79 Å². The van der Waals surface area contributed by atoms with Crippen molar-refractivity contribution < 1.29 is 9.90 Å². The molecule has 0 heterocycles. The highest BCUT2D eigenvalue weighted by molar-refractivity contribution is 5.76. The predicted molar refractivity (Wildman–Crippen MR) is 58.0 cm³/mol. The summed E-state index contributed by atoms with van der Waals surface area (Å²) in [5, 5.41) is 9.58. The number of rotatable bonds is 6. The van der Waals surface area contributed by atoms with E-state index in [0.29, 0.717) is 25.9 Å². The van der Waals surface area contributed by atoms with Gasteiger partial charge in [0.25, 0.3) is 0 Å². The SMILES string of the molecule is C=CCCC(=O)N(CC)CC(C)(C)O. The van der Waals surface area contributed by atoms with Crippen LogP contribution in [0, 0.1) is 0 Å². The summed E-state index contributed by atoms with van der Waals surface area (Å²) in [5.74, 6) is 0.0783. The maximum Gasteiger partial charge on any atom is 0.222 e. The molecule has 0 fully saturated rings. The van der Waals surface area contributed by atoms with Crippen LogP contribution in [0.15, 0.2) is 12.7 Å². The third-order valence-electron chi connectivity index (χ3n) is 1.87. The average Bonchev–Trinajstić information content (AvgIpc) is 2.08. The molecule has 0 atom stereocenters. The van der Waals surface area contributed by atoms with Crippen molar-refractivity contribution in [2.75, 3.05) is 13.1 Å². The lowest BCUT2D eigenvalue weighted by Crippen LogP contribution is -2.41. The van der Waals surface area contributed by atoms with E-state index in [1.807, 2.05) is 6.92 Å². The van der Waals surface area contributed by atoms with Gasteiger partial charge < -0.3 is 10.0 Å². The number of amides is 1. The van der Waals surface area contributed by atoms with Gasteiger partial charge in [-0.1, -0.05) is 6.08 Å². The first-order valence-corrected chi connectivity index (χ1v) is 5.01. The highest BCUT2D eigenvalue weighted by Crippen LogP contribution is 2.07. The van der Waals surface area contributed by atoms with Gasteiger partial charge in [-0.05, 0) is 27.2 Å². The summed E-state index contributed by atoms with van der Waals surface area (Å²) in [4.78, 5) is 13.2. The Hall–Kier alpha value is -0.830. The molecule has 0 radical (unpaired) electrons. The van der Waals surface area contributed by atoms with Gasteiger partial charge in [0.15, 0.2) is 0 Å². The summed E-state index contributed by atoms with van der Waals surface area (Å²) in [5.41, 5.74) is -0.820. The second-order valence-electron chi connectivity index (χ2n) is 4.05. The zero-order valence-corrected chi connectivity index (χ0v) is 9.42. The van der Waals surface area contributed by atoms with Crippen LogP contribution in [0.1, 0.15) is 33.6 Å². The minimum Gasteiger partial charge on any atom is -0.389 e. The number of hydrogen-bond acceptors (Lipinski definition) is 2. The van der Waals surface area contributed by atoms with Crippen molar-refractivity contribution in [2.24, 2.45) is 0 Å². The van der Waals surface area contributed by atoms with Crippen LogP contribution in [0.2, 0.25) is 0 Å². The second-order valence-corrected chi connectivity index (χ2v) is 4.05. The molecule has 3 heteroatoms. The van der Waals surface area contributed by atoms with E-state index in [2.05, 4.69) is 6.58 Å². The summed E-state index contributed by atoms with van der Waals surface area (Å²) in [7, 11) is 0. The molecule has 0 unspecified atom stereocenters. The lowest BCUT2D eigenvalue weighted by Gasteiger charge is -2.28. The molecule has 3 nitrogen and oxygen atoms in total. The molecule has 0 aromatic rings. The number of nitrogens with zero attached hydrogens (tertiary/aromatic N) is 1. The van der Waals surface area contributed by atoms with Crippen molar-refractivity contribution in [1.29, 1.82) is 0 Å². The van der Waals surface area contributed by atoms with Crippen LogP contribution in [0.3, 0.4) is 0 Å². The Morgan fingerprint density at radius 1 is 1.57 bits per heavy atom. The number of aliphatic hydroxyl groups is 1. The largest absolute Gasteiger partial charge is 0.389 e. The van der Waals surface area contributed by atoms with Crippen molar-refractivity contribution in [3.8, 4) is 0 Å². The molecule has 0 saturated heterocycles. The van der Waals surface area contributed by atoms with Crippen molar-refractivity contribution in [1.82, 2.24) is 4.90 Å². The lowest BCUT2D eigenvalue weighted by atomic mass is 10.1. The maximum atomic E-state index is 11.6. The number of hydrogen-bond donors (Lipinski definition) is 1. The topological polar surface area (TPSA) is 40.5 Å². The van der Waals surface area contributed by atoms with E-state index in [9.17, 15) is 9.90 Å². The number of likely N-dealkylation sites (N-methyl/N-ethyl adjacent to an activating group) is 1. The zero-order valence-electron chi connectivity index (χ0n) is 9.42. The van der Waals surface area contributed by atoms with Crippen molar-refractivity contribution in [3.63, 3.8) is 0 Å². The summed E-state index contributed by atoms with van der Waals surface area (Å²) in [6.45, 7) is 9.92. The molecule has 0 aromatic carbocycles. The van der Waals surface area contributed by atoms with Crippen molar-refractivity contribution in [3.05, 3.63) is 12.7 Å². The number of allylic oxidation sites excluding steroid dienone is 1. The summed E-state index contributed by atoms with van der Waals surface area (Å²) in [6, 6.07) is 0. The lowest BCUT2D eigenvalue weighted by molar-refractivity contribution is -0.133. The molecule has 0 aromatic heterocycles. The smallest absolute Gasteiger partial charge is 0.222 e. The standard InChI is InChI=1S/C11H21NO2/c1-5-7-8-10(13)12(6-2)9-11(3,4)14/h5,14H,1,6-9H2,2-4H3. The molecule has 0 aliphatic carbocycles. The molecule has 82 valence electrons. The van der Waals surface area contributed by atoms with Gasteiger partial charge in [0, 0.05) is 19.5 Å². The third-order valence-corrected chi connectivity index (χ3v) is 1.87. The van der Waals surface area contributed by atoms with Crippen LogP contribution in [-0.4, -0.2) is 34.6 Å². The van der Waals surface area contributed by atoms with Crippen LogP contribution in [0.5, 0.6) is 0 Å². The minimum atomic E-state index is -0.820. The van der Waals surface area contributed by atoms with E-state index < -0.39 is 5.60 Å². The normalized spacial score (nSPS) is 11.1. The van der Waals surface area contributed by atoms with Crippen LogP contribution >= 0.6 is 0 Å². The molecule has 0 rings (SSSR count). The molecule has 0 saturated carbocycles. The summed E-state index contributed by atoms with van der Waals surface area (Å²) >= 11 is 0.